The van der Waals surface area contributed by atoms with Crippen LogP contribution in [0.4, 0.5) is 11.4 Å². The second kappa shape index (κ2) is 10.3. The second-order valence-electron chi connectivity index (χ2n) is 6.24. The average Bonchev–Trinajstić information content (AvgIpc) is 2.71. The fraction of sp³-hybridized carbons (Fsp3) is 0.0952. The molecule has 3 rings (SSSR count). The van der Waals surface area contributed by atoms with Crippen molar-refractivity contribution in [3.05, 3.63) is 82.3 Å². The number of benzene rings is 3. The van der Waals surface area contributed by atoms with Gasteiger partial charge in [-0.15, -0.1) is 11.8 Å². The number of nitrogens with one attached hydrogen (secondary N) is 2. The van der Waals surface area contributed by atoms with E-state index < -0.39 is 10.0 Å². The molecule has 3 aromatic carbocycles. The Hall–Kier alpha value is -2.00. The molecule has 2 N–H and O–H groups in total. The molecule has 1 amide bonds. The first-order chi connectivity index (χ1) is 14.3. The van der Waals surface area contributed by atoms with Crippen LogP contribution in [0.15, 0.2) is 87.1 Å². The SMILES string of the molecule is O=C(CCSc1ccc(Cl)cc1)Nc1ccc(S(=O)(=O)Nc2ccc(Br)cc2)cc1. The van der Waals surface area contributed by atoms with Crippen LogP contribution in [0, 0.1) is 0 Å². The number of carbonyl (C=O) groups is 1. The van der Waals surface area contributed by atoms with E-state index in [2.05, 4.69) is 26.0 Å². The van der Waals surface area contributed by atoms with Gasteiger partial charge in [-0.2, -0.15) is 0 Å². The molecule has 30 heavy (non-hydrogen) atoms. The van der Waals surface area contributed by atoms with Gasteiger partial charge in [0, 0.05) is 37.9 Å². The summed E-state index contributed by atoms with van der Waals surface area (Å²) in [6.07, 6.45) is 0.332. The molecule has 0 radical (unpaired) electrons. The topological polar surface area (TPSA) is 75.3 Å². The van der Waals surface area contributed by atoms with Gasteiger partial charge >= 0.3 is 0 Å². The van der Waals surface area contributed by atoms with Crippen molar-refractivity contribution in [2.45, 2.75) is 16.2 Å². The van der Waals surface area contributed by atoms with Crippen LogP contribution in [0.1, 0.15) is 6.42 Å². The molecule has 5 nitrogen and oxygen atoms in total. The summed E-state index contributed by atoms with van der Waals surface area (Å²) in [6, 6.07) is 20.3. The number of sulfonamides is 1. The normalized spacial score (nSPS) is 11.1. The maximum absolute atomic E-state index is 12.5. The summed E-state index contributed by atoms with van der Waals surface area (Å²) in [6.45, 7) is 0. The third kappa shape index (κ3) is 6.77. The van der Waals surface area contributed by atoms with Gasteiger partial charge in [-0.1, -0.05) is 27.5 Å². The highest BCUT2D eigenvalue weighted by molar-refractivity contribution is 9.10. The smallest absolute Gasteiger partial charge is 0.261 e. The molecule has 0 saturated carbocycles. The van der Waals surface area contributed by atoms with Crippen molar-refractivity contribution in [1.29, 1.82) is 0 Å². The number of anilines is 2. The number of amides is 1. The Morgan fingerprint density at radius 2 is 1.50 bits per heavy atom. The quantitative estimate of drug-likeness (QED) is 0.352. The fourth-order valence-corrected chi connectivity index (χ4v) is 4.77. The molecular weight excluding hydrogens is 508 g/mol. The van der Waals surface area contributed by atoms with E-state index in [-0.39, 0.29) is 10.8 Å². The number of hydrogen-bond acceptors (Lipinski definition) is 4. The molecule has 0 unspecified atom stereocenters. The molecule has 9 heteroatoms. The lowest BCUT2D eigenvalue weighted by Gasteiger charge is -2.10. The van der Waals surface area contributed by atoms with Gasteiger partial charge in [-0.3, -0.25) is 9.52 Å². The van der Waals surface area contributed by atoms with E-state index in [9.17, 15) is 13.2 Å². The van der Waals surface area contributed by atoms with Crippen molar-refractivity contribution in [1.82, 2.24) is 0 Å². The lowest BCUT2D eigenvalue weighted by atomic mass is 10.3. The second-order valence-corrected chi connectivity index (χ2v) is 10.4. The number of hydrogen-bond donors (Lipinski definition) is 2. The molecule has 0 aliphatic heterocycles. The van der Waals surface area contributed by atoms with E-state index in [4.69, 9.17) is 11.6 Å². The molecule has 3 aromatic rings. The summed E-state index contributed by atoms with van der Waals surface area (Å²) in [5, 5.41) is 3.45. The predicted octanol–water partition coefficient (Wildman–Crippen LogP) is 6.02. The van der Waals surface area contributed by atoms with Crippen LogP contribution in [0.5, 0.6) is 0 Å². The van der Waals surface area contributed by atoms with E-state index in [0.29, 0.717) is 28.6 Å². The van der Waals surface area contributed by atoms with Crippen LogP contribution in [0.25, 0.3) is 0 Å². The largest absolute Gasteiger partial charge is 0.326 e. The Labute approximate surface area is 193 Å². The van der Waals surface area contributed by atoms with Crippen LogP contribution in [0.2, 0.25) is 5.02 Å². The molecule has 0 heterocycles. The molecule has 0 spiro atoms. The van der Waals surface area contributed by atoms with E-state index in [1.165, 1.54) is 12.1 Å². The average molecular weight is 526 g/mol. The van der Waals surface area contributed by atoms with Crippen LogP contribution in [-0.2, 0) is 14.8 Å². The van der Waals surface area contributed by atoms with Gasteiger partial charge in [0.2, 0.25) is 5.91 Å². The summed E-state index contributed by atoms with van der Waals surface area (Å²) in [5.41, 5.74) is 1.01. The molecule has 156 valence electrons. The van der Waals surface area contributed by atoms with Gasteiger partial charge in [0.25, 0.3) is 10.0 Å². The maximum atomic E-state index is 12.5. The molecule has 0 saturated heterocycles. The van der Waals surface area contributed by atoms with Crippen LogP contribution < -0.4 is 10.0 Å². The molecule has 0 atom stereocenters. The van der Waals surface area contributed by atoms with Crippen molar-refractivity contribution in [2.75, 3.05) is 15.8 Å². The highest BCUT2D eigenvalue weighted by Gasteiger charge is 2.14. The Morgan fingerprint density at radius 1 is 0.900 bits per heavy atom. The van der Waals surface area contributed by atoms with Gasteiger partial charge in [-0.05, 0) is 72.8 Å². The predicted molar refractivity (Wildman–Crippen MR) is 127 cm³/mol. The highest BCUT2D eigenvalue weighted by Crippen LogP contribution is 2.22. The van der Waals surface area contributed by atoms with E-state index >= 15 is 0 Å². The van der Waals surface area contributed by atoms with Gasteiger partial charge in [0.05, 0.1) is 4.90 Å². The van der Waals surface area contributed by atoms with Crippen molar-refractivity contribution in [2.24, 2.45) is 0 Å². The van der Waals surface area contributed by atoms with Crippen molar-refractivity contribution < 1.29 is 13.2 Å². The Morgan fingerprint density at radius 3 is 2.13 bits per heavy atom. The lowest BCUT2D eigenvalue weighted by molar-refractivity contribution is -0.115. The molecule has 0 aliphatic rings. The number of halogens is 2. The zero-order chi connectivity index (χ0) is 21.6. The number of thioether (sulfide) groups is 1. The molecule has 0 aliphatic carbocycles. The van der Waals surface area contributed by atoms with Crippen LogP contribution in [-0.4, -0.2) is 20.1 Å². The minimum absolute atomic E-state index is 0.113. The Kier molecular flexibility index (Phi) is 7.82. The lowest BCUT2D eigenvalue weighted by Crippen LogP contribution is -2.14. The van der Waals surface area contributed by atoms with Crippen molar-refractivity contribution in [3.63, 3.8) is 0 Å². The zero-order valence-electron chi connectivity index (χ0n) is 15.6. The van der Waals surface area contributed by atoms with Gasteiger partial charge in [-0.25, -0.2) is 8.42 Å². The highest BCUT2D eigenvalue weighted by atomic mass is 79.9. The first-order valence-corrected chi connectivity index (χ1v) is 12.5. The molecule has 0 fully saturated rings. The first-order valence-electron chi connectivity index (χ1n) is 8.88. The van der Waals surface area contributed by atoms with E-state index in [0.717, 1.165) is 9.37 Å². The summed E-state index contributed by atoms with van der Waals surface area (Å²) < 4.78 is 28.4. The minimum atomic E-state index is -3.71. The van der Waals surface area contributed by atoms with Gasteiger partial charge in [0.15, 0.2) is 0 Å². The monoisotopic (exact) mass is 524 g/mol. The summed E-state index contributed by atoms with van der Waals surface area (Å²) in [7, 11) is -3.71. The van der Waals surface area contributed by atoms with Crippen molar-refractivity contribution >= 4 is 66.6 Å². The van der Waals surface area contributed by atoms with Crippen LogP contribution in [0.3, 0.4) is 0 Å². The van der Waals surface area contributed by atoms with Crippen molar-refractivity contribution in [3.8, 4) is 0 Å². The molecule has 0 bridgehead atoms. The first kappa shape index (κ1) is 22.7. The zero-order valence-corrected chi connectivity index (χ0v) is 19.6. The van der Waals surface area contributed by atoms with Crippen LogP contribution >= 0.6 is 39.3 Å². The Bertz CT molecular complexity index is 1100. The third-order valence-electron chi connectivity index (χ3n) is 3.96. The maximum Gasteiger partial charge on any atom is 0.261 e. The summed E-state index contributed by atoms with van der Waals surface area (Å²) in [4.78, 5) is 13.3. The molecule has 0 aromatic heterocycles. The molecular formula is C21H18BrClN2O3S2. The fourth-order valence-electron chi connectivity index (χ4n) is 2.47. The number of carbonyl (C=O) groups excluding carboxylic acids is 1. The number of rotatable bonds is 8. The van der Waals surface area contributed by atoms with E-state index in [1.807, 2.05) is 24.3 Å². The van der Waals surface area contributed by atoms with Gasteiger partial charge in [0.1, 0.15) is 0 Å². The van der Waals surface area contributed by atoms with Gasteiger partial charge < -0.3 is 5.32 Å². The summed E-state index contributed by atoms with van der Waals surface area (Å²) in [5.74, 6) is 0.483. The Balaban J connectivity index is 1.52. The van der Waals surface area contributed by atoms with E-state index in [1.54, 1.807) is 48.2 Å². The standard InChI is InChI=1S/C21H18BrClN2O3S2/c22-15-1-5-18(6-2-15)25-30(27,28)20-11-7-17(8-12-20)24-21(26)13-14-29-19-9-3-16(23)4-10-19/h1-12,25H,13-14H2,(H,24,26). The summed E-state index contributed by atoms with van der Waals surface area (Å²) >= 11 is 10.7. The third-order valence-corrected chi connectivity index (χ3v) is 7.15. The minimum Gasteiger partial charge on any atom is -0.326 e.